The third-order valence-corrected chi connectivity index (χ3v) is 9.30. The molecular weight excluding hydrogens is 636 g/mol. The molecule has 0 aliphatic carbocycles. The molecule has 0 aliphatic heterocycles. The molecule has 0 aliphatic rings. The van der Waals surface area contributed by atoms with Gasteiger partial charge in [0.05, 0.1) is 5.92 Å². The monoisotopic (exact) mass is 676 g/mol. The number of amides is 2. The number of carbonyl (C=O) groups is 2. The lowest BCUT2D eigenvalue weighted by atomic mass is 9.86. The third kappa shape index (κ3) is 8.95. The van der Waals surface area contributed by atoms with Crippen LogP contribution in [0.25, 0.3) is 22.3 Å². The Morgan fingerprint density at radius 1 is 0.771 bits per heavy atom. The van der Waals surface area contributed by atoms with E-state index < -0.39 is 5.92 Å². The van der Waals surface area contributed by atoms with E-state index >= 15 is 0 Å². The Kier molecular flexibility index (Phi) is 11.4. The predicted octanol–water partition coefficient (Wildman–Crippen LogP) is 10.2. The highest BCUT2D eigenvalue weighted by Gasteiger charge is 2.22. The summed E-state index contributed by atoms with van der Waals surface area (Å²) in [7, 11) is 0. The third-order valence-electron chi connectivity index (χ3n) is 8.49. The highest BCUT2D eigenvalue weighted by Crippen LogP contribution is 2.30. The number of aryl methyl sites for hydroxylation is 1. The number of anilines is 1. The quantitative estimate of drug-likeness (QED) is 0.0961. The first kappa shape index (κ1) is 35.0. The van der Waals surface area contributed by atoms with Crippen LogP contribution in [0, 0.1) is 6.92 Å². The summed E-state index contributed by atoms with van der Waals surface area (Å²) in [5.41, 5.74) is 9.76. The van der Waals surface area contributed by atoms with Gasteiger partial charge < -0.3 is 15.2 Å². The molecule has 246 valence electrons. The maximum atomic E-state index is 14.0. The van der Waals surface area contributed by atoms with E-state index in [-0.39, 0.29) is 17.2 Å². The van der Waals surface area contributed by atoms with Gasteiger partial charge in [0.1, 0.15) is 0 Å². The van der Waals surface area contributed by atoms with Gasteiger partial charge in [-0.25, -0.2) is 0 Å². The number of benzene rings is 5. The maximum Gasteiger partial charge on any atom is 0.251 e. The van der Waals surface area contributed by atoms with E-state index in [2.05, 4.69) is 73.9 Å². The lowest BCUT2D eigenvalue weighted by molar-refractivity contribution is -0.117. The van der Waals surface area contributed by atoms with Crippen LogP contribution in [0.5, 0.6) is 0 Å². The van der Waals surface area contributed by atoms with Crippen molar-refractivity contribution in [3.05, 3.63) is 148 Å². The average molecular weight is 677 g/mol. The second-order valence-electron chi connectivity index (χ2n) is 13.0. The van der Waals surface area contributed by atoms with Crippen LogP contribution in [0.3, 0.4) is 0 Å². The van der Waals surface area contributed by atoms with Crippen molar-refractivity contribution in [2.24, 2.45) is 0 Å². The van der Waals surface area contributed by atoms with Crippen LogP contribution in [-0.2, 0) is 16.6 Å². The molecule has 0 radical (unpaired) electrons. The van der Waals surface area contributed by atoms with E-state index in [1.807, 2.05) is 67.6 Å². The van der Waals surface area contributed by atoms with Gasteiger partial charge in [0.2, 0.25) is 5.91 Å². The lowest BCUT2D eigenvalue weighted by Gasteiger charge is -2.20. The van der Waals surface area contributed by atoms with Gasteiger partial charge in [0.25, 0.3) is 5.91 Å². The zero-order valence-corrected chi connectivity index (χ0v) is 29.3. The summed E-state index contributed by atoms with van der Waals surface area (Å²) in [4.78, 5) is 26.4. The van der Waals surface area contributed by atoms with Crippen molar-refractivity contribution in [1.29, 1.82) is 0 Å². The van der Waals surface area contributed by atoms with E-state index in [4.69, 9.17) is 16.2 Å². The van der Waals surface area contributed by atoms with Crippen LogP contribution < -0.4 is 10.6 Å². The Bertz CT molecular complexity index is 1850. The molecule has 48 heavy (non-hydrogen) atoms. The Morgan fingerprint density at radius 2 is 1.33 bits per heavy atom. The van der Waals surface area contributed by atoms with Gasteiger partial charge in [-0.15, -0.1) is 0 Å². The number of rotatable bonds is 11. The summed E-state index contributed by atoms with van der Waals surface area (Å²) in [5, 5.41) is 6.66. The number of hydrogen-bond acceptors (Lipinski definition) is 4. The second-order valence-corrected chi connectivity index (χ2v) is 14.1. The minimum Gasteiger partial charge on any atom is -0.351 e. The zero-order valence-electron chi connectivity index (χ0n) is 27.7. The van der Waals surface area contributed by atoms with Crippen molar-refractivity contribution in [3.8, 4) is 22.3 Å². The van der Waals surface area contributed by atoms with Crippen molar-refractivity contribution >= 4 is 41.1 Å². The van der Waals surface area contributed by atoms with Crippen molar-refractivity contribution in [1.82, 2.24) is 5.32 Å². The number of halogens is 1. The van der Waals surface area contributed by atoms with Gasteiger partial charge in [-0.2, -0.15) is 0 Å². The van der Waals surface area contributed by atoms with Crippen LogP contribution in [0.15, 0.2) is 115 Å². The summed E-state index contributed by atoms with van der Waals surface area (Å²) in [6, 6.07) is 38.0. The van der Waals surface area contributed by atoms with Gasteiger partial charge in [0.15, 0.2) is 0 Å². The minimum absolute atomic E-state index is 0.0826. The number of nitrogens with one attached hydrogen (secondary N) is 2. The standard InChI is InChI=1S/C41H41ClN2O3S/c1-27-25-34(17-22-38(27)42)31-15-20-36(21-16-31)44-40(46)37(26-28-5-7-33(8-6-28)39(45)43-23-24-48-47)32-11-9-29(10-12-32)30-13-18-35(19-14-30)41(2,3)4/h5-22,25,37,47H,23-24,26H2,1-4H3,(H,43,45)(H,44,46). The molecule has 0 saturated heterocycles. The summed E-state index contributed by atoms with van der Waals surface area (Å²) < 4.78 is 8.92. The average Bonchev–Trinajstić information content (AvgIpc) is 3.09. The molecule has 0 heterocycles. The zero-order chi connectivity index (χ0) is 34.3. The second kappa shape index (κ2) is 15.7. The van der Waals surface area contributed by atoms with E-state index in [1.165, 1.54) is 5.56 Å². The summed E-state index contributed by atoms with van der Waals surface area (Å²) >= 11 is 6.91. The van der Waals surface area contributed by atoms with Crippen molar-refractivity contribution < 1.29 is 14.1 Å². The van der Waals surface area contributed by atoms with Crippen LogP contribution in [-0.4, -0.2) is 28.7 Å². The fourth-order valence-electron chi connectivity index (χ4n) is 5.57. The largest absolute Gasteiger partial charge is 0.351 e. The molecule has 0 saturated carbocycles. The van der Waals surface area contributed by atoms with E-state index in [1.54, 1.807) is 12.1 Å². The molecule has 3 N–H and O–H groups in total. The first-order valence-corrected chi connectivity index (χ1v) is 17.4. The van der Waals surface area contributed by atoms with E-state index in [9.17, 15) is 9.59 Å². The van der Waals surface area contributed by atoms with Crippen LogP contribution in [0.4, 0.5) is 5.69 Å². The van der Waals surface area contributed by atoms with E-state index in [0.717, 1.165) is 44.0 Å². The molecule has 0 spiro atoms. The van der Waals surface area contributed by atoms with Crippen LogP contribution in [0.1, 0.15) is 59.3 Å². The molecule has 0 aromatic heterocycles. The molecule has 5 aromatic carbocycles. The van der Waals surface area contributed by atoms with Gasteiger partial charge in [0, 0.05) is 28.6 Å². The topological polar surface area (TPSA) is 78.4 Å². The summed E-state index contributed by atoms with van der Waals surface area (Å²) in [5.74, 6) is -0.364. The van der Waals surface area contributed by atoms with Crippen molar-refractivity contribution in [2.75, 3.05) is 17.6 Å². The predicted molar refractivity (Wildman–Crippen MR) is 201 cm³/mol. The molecule has 0 bridgehead atoms. The Morgan fingerprint density at radius 3 is 1.92 bits per heavy atom. The lowest BCUT2D eigenvalue weighted by Crippen LogP contribution is -2.25. The van der Waals surface area contributed by atoms with E-state index in [0.29, 0.717) is 42.0 Å². The minimum atomic E-state index is -0.470. The van der Waals surface area contributed by atoms with Crippen molar-refractivity contribution in [2.45, 2.75) is 45.4 Å². The summed E-state index contributed by atoms with van der Waals surface area (Å²) in [6.07, 6.45) is 0.455. The first-order valence-electron chi connectivity index (χ1n) is 16.0. The number of hydrogen-bond donors (Lipinski definition) is 3. The molecule has 5 rings (SSSR count). The van der Waals surface area contributed by atoms with Crippen LogP contribution in [0.2, 0.25) is 5.02 Å². The molecule has 1 unspecified atom stereocenters. The molecule has 2 amide bonds. The molecule has 7 heteroatoms. The van der Waals surface area contributed by atoms with Gasteiger partial charge in [-0.3, -0.25) is 9.59 Å². The summed E-state index contributed by atoms with van der Waals surface area (Å²) in [6.45, 7) is 8.98. The SMILES string of the molecule is Cc1cc(-c2ccc(NC(=O)C(Cc3ccc(C(=O)NCCSO)cc3)c3ccc(-c4ccc(C(C)(C)C)cc4)cc3)cc2)ccc1Cl. The molecule has 5 aromatic rings. The molecule has 1 atom stereocenters. The normalized spacial score (nSPS) is 12.0. The fourth-order valence-corrected chi connectivity index (χ4v) is 5.88. The maximum absolute atomic E-state index is 14.0. The number of carbonyl (C=O) groups excluding carboxylic acids is 2. The Hall–Kier alpha value is -4.36. The van der Waals surface area contributed by atoms with Crippen LogP contribution >= 0.6 is 23.6 Å². The molecule has 0 fully saturated rings. The van der Waals surface area contributed by atoms with Gasteiger partial charge >= 0.3 is 0 Å². The molecule has 5 nitrogen and oxygen atoms in total. The first-order chi connectivity index (χ1) is 23.0. The Labute approximate surface area is 293 Å². The fraction of sp³-hybridized carbons (Fsp3) is 0.220. The highest BCUT2D eigenvalue weighted by atomic mass is 35.5. The Balaban J connectivity index is 1.37. The molecular formula is C41H41ClN2O3S. The van der Waals surface area contributed by atoms with Gasteiger partial charge in [-0.1, -0.05) is 111 Å². The highest BCUT2D eigenvalue weighted by molar-refractivity contribution is 7.93. The van der Waals surface area contributed by atoms with Gasteiger partial charge in [-0.05, 0) is 112 Å². The smallest absolute Gasteiger partial charge is 0.251 e. The van der Waals surface area contributed by atoms with Crippen molar-refractivity contribution in [3.63, 3.8) is 0 Å².